The SMILES string of the molecule is COc1cc(-c2c3c(c(O[C@@H]4O[C@@H]5COCO[C@H]5[C@H](O)[C@H]4N(C)C)c4cc5c(cc24)OCO5)COC3=O)cc(OC)c1O. The topological polar surface area (TPSA) is 144 Å². The number of hydrogen-bond acceptors (Lipinski definition) is 13. The van der Waals surface area contributed by atoms with E-state index in [1.807, 2.05) is 19.0 Å². The van der Waals surface area contributed by atoms with Gasteiger partial charge in [0.25, 0.3) is 0 Å². The van der Waals surface area contributed by atoms with Crippen LogP contribution in [0.5, 0.6) is 34.5 Å². The summed E-state index contributed by atoms with van der Waals surface area (Å²) >= 11 is 0. The van der Waals surface area contributed by atoms with Crippen LogP contribution in [-0.4, -0.2) is 100 Å². The Morgan fingerprint density at radius 1 is 0.930 bits per heavy atom. The summed E-state index contributed by atoms with van der Waals surface area (Å²) < 4.78 is 51.9. The Labute approximate surface area is 246 Å². The van der Waals surface area contributed by atoms with Gasteiger partial charge in [-0.3, -0.25) is 4.90 Å². The second kappa shape index (κ2) is 10.6. The first kappa shape index (κ1) is 27.8. The smallest absolute Gasteiger partial charge is 0.339 e. The van der Waals surface area contributed by atoms with Crippen LogP contribution in [0.4, 0.5) is 0 Å². The summed E-state index contributed by atoms with van der Waals surface area (Å²) in [5.41, 5.74) is 1.81. The number of aromatic hydroxyl groups is 1. The molecule has 0 aliphatic carbocycles. The van der Waals surface area contributed by atoms with E-state index in [0.29, 0.717) is 44.7 Å². The van der Waals surface area contributed by atoms with Crippen molar-refractivity contribution < 1.29 is 57.6 Å². The number of cyclic esters (lactones) is 1. The van der Waals surface area contributed by atoms with Gasteiger partial charge in [-0.2, -0.15) is 0 Å². The maximum absolute atomic E-state index is 13.4. The number of ether oxygens (including phenoxy) is 9. The molecule has 0 saturated carbocycles. The minimum atomic E-state index is -0.968. The van der Waals surface area contributed by atoms with Gasteiger partial charge in [-0.1, -0.05) is 0 Å². The van der Waals surface area contributed by atoms with Crippen molar-refractivity contribution in [1.29, 1.82) is 0 Å². The van der Waals surface area contributed by atoms with E-state index in [2.05, 4.69) is 0 Å². The van der Waals surface area contributed by atoms with Gasteiger partial charge >= 0.3 is 5.97 Å². The van der Waals surface area contributed by atoms with E-state index in [-0.39, 0.29) is 49.6 Å². The highest BCUT2D eigenvalue weighted by atomic mass is 16.7. The monoisotopic (exact) mass is 597 g/mol. The number of aliphatic hydroxyl groups is 1. The molecule has 4 aliphatic rings. The molecular weight excluding hydrogens is 566 g/mol. The van der Waals surface area contributed by atoms with Crippen LogP contribution >= 0.6 is 0 Å². The third-order valence-corrected chi connectivity index (χ3v) is 8.27. The third-order valence-electron chi connectivity index (χ3n) is 8.27. The number of rotatable bonds is 6. The van der Waals surface area contributed by atoms with Gasteiger partial charge < -0.3 is 52.8 Å². The normalized spacial score (nSPS) is 25.8. The van der Waals surface area contributed by atoms with Gasteiger partial charge in [0, 0.05) is 16.5 Å². The Balaban J connectivity index is 1.45. The second-order valence-corrected chi connectivity index (χ2v) is 10.8. The molecule has 4 aliphatic heterocycles. The number of phenolic OH excluding ortho intramolecular Hbond substituents is 1. The Morgan fingerprint density at radius 2 is 1.63 bits per heavy atom. The Morgan fingerprint density at radius 3 is 2.30 bits per heavy atom. The number of phenols is 1. The molecule has 2 fully saturated rings. The standard InChI is InChI=1S/C30H31NO12/c1-31(2)24-26(33)28-21(10-37-11-41-28)42-30(24)43-27-15-8-18-17(39-12-40-18)7-14(15)22(23-16(27)9-38-29(23)34)13-5-19(35-3)25(32)20(6-13)36-4/h5-8,21,24,26,28,30,32-33H,9-12H2,1-4H3/t21-,24-,26-,28-,30+/m1/s1. The summed E-state index contributed by atoms with van der Waals surface area (Å²) in [5.74, 6) is 0.920. The molecular formula is C30H31NO12. The molecule has 0 bridgehead atoms. The van der Waals surface area contributed by atoms with Crippen LogP contribution in [0.15, 0.2) is 24.3 Å². The second-order valence-electron chi connectivity index (χ2n) is 10.8. The molecule has 0 aromatic heterocycles. The van der Waals surface area contributed by atoms with E-state index in [9.17, 15) is 15.0 Å². The molecule has 5 atom stereocenters. The van der Waals surface area contributed by atoms with Gasteiger partial charge in [-0.05, 0) is 49.3 Å². The lowest BCUT2D eigenvalue weighted by molar-refractivity contribution is -0.311. The Bertz CT molecular complexity index is 1580. The Kier molecular flexibility index (Phi) is 6.86. The summed E-state index contributed by atoms with van der Waals surface area (Å²) in [6, 6.07) is 6.18. The van der Waals surface area contributed by atoms with E-state index in [4.69, 9.17) is 42.6 Å². The number of methoxy groups -OCH3 is 2. The average molecular weight is 598 g/mol. The minimum Gasteiger partial charge on any atom is -0.502 e. The van der Waals surface area contributed by atoms with E-state index < -0.39 is 36.6 Å². The zero-order valence-corrected chi connectivity index (χ0v) is 23.9. The number of benzene rings is 3. The first-order valence-corrected chi connectivity index (χ1v) is 13.7. The number of aliphatic hydroxyl groups excluding tert-OH is 1. The Hall–Kier alpha value is -4.01. The number of carbonyl (C=O) groups excluding carboxylic acids is 1. The summed E-state index contributed by atoms with van der Waals surface area (Å²) in [4.78, 5) is 15.2. The maximum atomic E-state index is 13.4. The summed E-state index contributed by atoms with van der Waals surface area (Å²) in [6.45, 7) is 0.258. The number of fused-ring (bicyclic) bond motifs is 4. The van der Waals surface area contributed by atoms with Gasteiger partial charge in [0.2, 0.25) is 18.8 Å². The number of carbonyl (C=O) groups is 1. The molecule has 2 N–H and O–H groups in total. The molecule has 3 aromatic rings. The quantitative estimate of drug-likeness (QED) is 0.402. The fourth-order valence-corrected chi connectivity index (χ4v) is 6.24. The minimum absolute atomic E-state index is 0.0312. The lowest BCUT2D eigenvalue weighted by atomic mass is 9.89. The molecule has 228 valence electrons. The highest BCUT2D eigenvalue weighted by Gasteiger charge is 2.50. The van der Waals surface area contributed by atoms with E-state index in [1.54, 1.807) is 24.3 Å². The van der Waals surface area contributed by atoms with E-state index >= 15 is 0 Å². The van der Waals surface area contributed by atoms with Crippen LogP contribution in [0, 0.1) is 0 Å². The van der Waals surface area contributed by atoms with Gasteiger partial charge in [-0.15, -0.1) is 0 Å². The molecule has 4 heterocycles. The zero-order chi connectivity index (χ0) is 30.0. The lowest BCUT2D eigenvalue weighted by Crippen LogP contribution is -2.66. The van der Waals surface area contributed by atoms with Crippen molar-refractivity contribution in [3.05, 3.63) is 35.4 Å². The number of esters is 1. The van der Waals surface area contributed by atoms with Gasteiger partial charge in [-0.25, -0.2) is 4.79 Å². The number of nitrogens with zero attached hydrogens (tertiary/aromatic N) is 1. The van der Waals surface area contributed by atoms with E-state index in [1.165, 1.54) is 14.2 Å². The van der Waals surface area contributed by atoms with Crippen molar-refractivity contribution in [1.82, 2.24) is 4.90 Å². The van der Waals surface area contributed by atoms with Crippen molar-refractivity contribution in [2.24, 2.45) is 0 Å². The average Bonchev–Trinajstić information content (AvgIpc) is 3.62. The van der Waals surface area contributed by atoms with Crippen LogP contribution in [0.1, 0.15) is 15.9 Å². The molecule has 43 heavy (non-hydrogen) atoms. The molecule has 0 spiro atoms. The molecule has 3 aromatic carbocycles. The molecule has 7 rings (SSSR count). The van der Waals surface area contributed by atoms with Gasteiger partial charge in [0.05, 0.1) is 26.4 Å². The molecule has 2 saturated heterocycles. The summed E-state index contributed by atoms with van der Waals surface area (Å²) in [7, 11) is 6.48. The predicted octanol–water partition coefficient (Wildman–Crippen LogP) is 2.40. The summed E-state index contributed by atoms with van der Waals surface area (Å²) in [5, 5.41) is 23.1. The highest BCUT2D eigenvalue weighted by Crippen LogP contribution is 2.51. The van der Waals surface area contributed by atoms with Crippen LogP contribution in [0.2, 0.25) is 0 Å². The van der Waals surface area contributed by atoms with Crippen molar-refractivity contribution >= 4 is 16.7 Å². The van der Waals surface area contributed by atoms with Crippen LogP contribution in [-0.2, 0) is 25.6 Å². The summed E-state index contributed by atoms with van der Waals surface area (Å²) in [6.07, 6.45) is -3.08. The highest BCUT2D eigenvalue weighted by molar-refractivity contribution is 6.14. The van der Waals surface area contributed by atoms with E-state index in [0.717, 1.165) is 0 Å². The van der Waals surface area contributed by atoms with Gasteiger partial charge in [0.15, 0.2) is 23.0 Å². The number of likely N-dealkylation sites (N-methyl/N-ethyl adjacent to an activating group) is 1. The largest absolute Gasteiger partial charge is 0.502 e. The first-order chi connectivity index (χ1) is 20.8. The molecule has 0 unspecified atom stereocenters. The molecule has 0 amide bonds. The first-order valence-electron chi connectivity index (χ1n) is 13.7. The lowest BCUT2D eigenvalue weighted by Gasteiger charge is -2.47. The predicted molar refractivity (Wildman–Crippen MR) is 148 cm³/mol. The fraction of sp³-hybridized carbons (Fsp3) is 0.433. The van der Waals surface area contributed by atoms with Crippen LogP contribution < -0.4 is 23.7 Å². The van der Waals surface area contributed by atoms with Crippen LogP contribution in [0.25, 0.3) is 21.9 Å². The molecule has 13 nitrogen and oxygen atoms in total. The van der Waals surface area contributed by atoms with Crippen molar-refractivity contribution in [3.8, 4) is 45.6 Å². The maximum Gasteiger partial charge on any atom is 0.339 e. The zero-order valence-electron chi connectivity index (χ0n) is 23.9. The fourth-order valence-electron chi connectivity index (χ4n) is 6.24. The third kappa shape index (κ3) is 4.38. The van der Waals surface area contributed by atoms with Crippen molar-refractivity contribution in [2.75, 3.05) is 48.5 Å². The van der Waals surface area contributed by atoms with Gasteiger partial charge in [0.1, 0.15) is 43.5 Å². The number of hydrogen-bond donors (Lipinski definition) is 2. The van der Waals surface area contributed by atoms with Crippen molar-refractivity contribution in [2.45, 2.75) is 37.3 Å². The molecule has 13 heteroatoms. The van der Waals surface area contributed by atoms with Crippen molar-refractivity contribution in [3.63, 3.8) is 0 Å². The molecule has 0 radical (unpaired) electrons. The van der Waals surface area contributed by atoms with Crippen LogP contribution in [0.3, 0.4) is 0 Å².